The number of aromatic nitrogens is 2. The number of hydrogen-bond donors (Lipinski definition) is 1. The lowest BCUT2D eigenvalue weighted by Crippen LogP contribution is -2.44. The van der Waals surface area contributed by atoms with Crippen LogP contribution in [0.3, 0.4) is 0 Å². The number of carbonyl (C=O) groups excluding carboxylic acids is 1. The van der Waals surface area contributed by atoms with Gasteiger partial charge in [0.05, 0.1) is 5.75 Å². The molecular weight excluding hydrogens is 362 g/mol. The molecule has 1 aliphatic carbocycles. The standard InChI is InChI=1S/C20H27N3O3S/c1-13-6-4-8-16(10-13)25-11-19-22-23-20(26-19)27-12-18(24)21-17-9-5-7-14(2)15(17)3/h4,6,8,10,14-15,17H,5,7,9,11-12H2,1-3H3,(H,21,24). The van der Waals surface area contributed by atoms with E-state index in [2.05, 4.69) is 29.4 Å². The number of ether oxygens (including phenoxy) is 1. The van der Waals surface area contributed by atoms with Crippen LogP contribution < -0.4 is 10.1 Å². The second-order valence-electron chi connectivity index (χ2n) is 7.30. The molecule has 3 rings (SSSR count). The molecule has 3 atom stereocenters. The quantitative estimate of drug-likeness (QED) is 0.722. The summed E-state index contributed by atoms with van der Waals surface area (Å²) in [4.78, 5) is 12.2. The van der Waals surface area contributed by atoms with Gasteiger partial charge in [-0.15, -0.1) is 10.2 Å². The van der Waals surface area contributed by atoms with Gasteiger partial charge in [0.2, 0.25) is 5.91 Å². The Morgan fingerprint density at radius 2 is 2.19 bits per heavy atom. The largest absolute Gasteiger partial charge is 0.484 e. The number of carbonyl (C=O) groups is 1. The summed E-state index contributed by atoms with van der Waals surface area (Å²) in [6.45, 7) is 6.70. The molecule has 0 saturated heterocycles. The van der Waals surface area contributed by atoms with Gasteiger partial charge in [0.25, 0.3) is 11.1 Å². The molecule has 0 spiro atoms. The van der Waals surface area contributed by atoms with E-state index in [0.29, 0.717) is 22.9 Å². The van der Waals surface area contributed by atoms with E-state index in [1.807, 2.05) is 31.2 Å². The zero-order valence-electron chi connectivity index (χ0n) is 16.1. The van der Waals surface area contributed by atoms with Gasteiger partial charge < -0.3 is 14.5 Å². The Kier molecular flexibility index (Phi) is 6.77. The monoisotopic (exact) mass is 389 g/mol. The van der Waals surface area contributed by atoms with Crippen molar-refractivity contribution in [2.24, 2.45) is 11.8 Å². The van der Waals surface area contributed by atoms with Crippen LogP contribution in [-0.2, 0) is 11.4 Å². The Balaban J connectivity index is 1.43. The summed E-state index contributed by atoms with van der Waals surface area (Å²) >= 11 is 1.26. The third-order valence-electron chi connectivity index (χ3n) is 5.18. The minimum Gasteiger partial charge on any atom is -0.484 e. The predicted octanol–water partition coefficient (Wildman–Crippen LogP) is 3.99. The molecule has 0 aliphatic heterocycles. The molecule has 1 saturated carbocycles. The molecule has 6 nitrogen and oxygen atoms in total. The van der Waals surface area contributed by atoms with Crippen molar-refractivity contribution in [1.29, 1.82) is 0 Å². The van der Waals surface area contributed by atoms with Crippen LogP contribution in [0.2, 0.25) is 0 Å². The van der Waals surface area contributed by atoms with E-state index < -0.39 is 0 Å². The molecule has 1 N–H and O–H groups in total. The molecule has 27 heavy (non-hydrogen) atoms. The number of aryl methyl sites for hydroxylation is 1. The lowest BCUT2D eigenvalue weighted by molar-refractivity contribution is -0.120. The van der Waals surface area contributed by atoms with Crippen molar-refractivity contribution in [3.63, 3.8) is 0 Å². The zero-order chi connectivity index (χ0) is 19.2. The van der Waals surface area contributed by atoms with Gasteiger partial charge in [0.15, 0.2) is 6.61 Å². The topological polar surface area (TPSA) is 77.2 Å². The average Bonchev–Trinajstić information content (AvgIpc) is 3.10. The molecule has 2 aromatic rings. The zero-order valence-corrected chi connectivity index (χ0v) is 16.9. The summed E-state index contributed by atoms with van der Waals surface area (Å²) in [7, 11) is 0. The maximum absolute atomic E-state index is 12.2. The van der Waals surface area contributed by atoms with Gasteiger partial charge in [0, 0.05) is 6.04 Å². The minimum absolute atomic E-state index is 0.0155. The van der Waals surface area contributed by atoms with Crippen molar-refractivity contribution in [2.45, 2.75) is 57.9 Å². The lowest BCUT2D eigenvalue weighted by Gasteiger charge is -2.34. The number of benzene rings is 1. The van der Waals surface area contributed by atoms with Gasteiger partial charge >= 0.3 is 0 Å². The van der Waals surface area contributed by atoms with E-state index in [1.165, 1.54) is 24.6 Å². The smallest absolute Gasteiger partial charge is 0.277 e. The molecule has 7 heteroatoms. The number of hydrogen-bond acceptors (Lipinski definition) is 6. The molecule has 1 aliphatic rings. The second kappa shape index (κ2) is 9.26. The van der Waals surface area contributed by atoms with Crippen molar-refractivity contribution in [2.75, 3.05) is 5.75 Å². The summed E-state index contributed by atoms with van der Waals surface area (Å²) in [6.07, 6.45) is 3.48. The maximum Gasteiger partial charge on any atom is 0.277 e. The van der Waals surface area contributed by atoms with Gasteiger partial charge in [-0.1, -0.05) is 50.6 Å². The van der Waals surface area contributed by atoms with Crippen LogP contribution in [0.25, 0.3) is 0 Å². The third-order valence-corrected chi connectivity index (χ3v) is 6.00. The summed E-state index contributed by atoms with van der Waals surface area (Å²) in [6, 6.07) is 8.04. The molecule has 0 radical (unpaired) electrons. The molecule has 146 valence electrons. The normalized spacial score (nSPS) is 22.4. The van der Waals surface area contributed by atoms with E-state index in [-0.39, 0.29) is 24.3 Å². The molecule has 1 heterocycles. The SMILES string of the molecule is Cc1cccc(OCc2nnc(SCC(=O)NC3CCCC(C)C3C)o2)c1. The molecule has 1 amide bonds. The van der Waals surface area contributed by atoms with Crippen LogP contribution in [0.4, 0.5) is 0 Å². The predicted molar refractivity (Wildman–Crippen MR) is 105 cm³/mol. The number of nitrogens with zero attached hydrogens (tertiary/aromatic N) is 2. The van der Waals surface area contributed by atoms with Gasteiger partial charge in [0.1, 0.15) is 5.75 Å². The maximum atomic E-state index is 12.2. The molecule has 0 bridgehead atoms. The van der Waals surface area contributed by atoms with Crippen molar-refractivity contribution < 1.29 is 13.9 Å². The first-order chi connectivity index (χ1) is 13.0. The summed E-state index contributed by atoms with van der Waals surface area (Å²) in [5, 5.41) is 11.5. The summed E-state index contributed by atoms with van der Waals surface area (Å²) in [5.41, 5.74) is 1.13. The Hall–Kier alpha value is -2.02. The van der Waals surface area contributed by atoms with E-state index in [0.717, 1.165) is 17.7 Å². The third kappa shape index (κ3) is 5.73. The highest BCUT2D eigenvalue weighted by Gasteiger charge is 2.28. The first kappa shape index (κ1) is 19.7. The van der Waals surface area contributed by atoms with Crippen molar-refractivity contribution in [3.05, 3.63) is 35.7 Å². The van der Waals surface area contributed by atoms with Crippen molar-refractivity contribution in [1.82, 2.24) is 15.5 Å². The fraction of sp³-hybridized carbons (Fsp3) is 0.550. The number of thioether (sulfide) groups is 1. The number of rotatable bonds is 7. The van der Waals surface area contributed by atoms with E-state index in [4.69, 9.17) is 9.15 Å². The van der Waals surface area contributed by atoms with Crippen LogP contribution >= 0.6 is 11.8 Å². The van der Waals surface area contributed by atoms with E-state index >= 15 is 0 Å². The Labute approximate surface area is 164 Å². The first-order valence-electron chi connectivity index (χ1n) is 9.45. The second-order valence-corrected chi connectivity index (χ2v) is 8.22. The van der Waals surface area contributed by atoms with E-state index in [9.17, 15) is 4.79 Å². The fourth-order valence-corrected chi connectivity index (χ4v) is 3.96. The Morgan fingerprint density at radius 1 is 1.33 bits per heavy atom. The first-order valence-corrected chi connectivity index (χ1v) is 10.4. The molecule has 1 aromatic carbocycles. The van der Waals surface area contributed by atoms with Crippen molar-refractivity contribution >= 4 is 17.7 Å². The number of nitrogens with one attached hydrogen (secondary N) is 1. The average molecular weight is 390 g/mol. The van der Waals surface area contributed by atoms with Gasteiger partial charge in [-0.05, 0) is 42.9 Å². The van der Waals surface area contributed by atoms with Crippen LogP contribution in [0.15, 0.2) is 33.9 Å². The molecule has 3 unspecified atom stereocenters. The summed E-state index contributed by atoms with van der Waals surface area (Å²) < 4.78 is 11.2. The highest BCUT2D eigenvalue weighted by Crippen LogP contribution is 2.29. The highest BCUT2D eigenvalue weighted by molar-refractivity contribution is 7.99. The van der Waals surface area contributed by atoms with Gasteiger partial charge in [-0.2, -0.15) is 0 Å². The van der Waals surface area contributed by atoms with Crippen LogP contribution in [0.5, 0.6) is 5.75 Å². The highest BCUT2D eigenvalue weighted by atomic mass is 32.2. The fourth-order valence-electron chi connectivity index (χ4n) is 3.37. The molecule has 1 fully saturated rings. The Bertz CT molecular complexity index is 764. The van der Waals surface area contributed by atoms with Gasteiger partial charge in [-0.25, -0.2) is 0 Å². The van der Waals surface area contributed by atoms with Crippen molar-refractivity contribution in [3.8, 4) is 5.75 Å². The van der Waals surface area contributed by atoms with E-state index in [1.54, 1.807) is 0 Å². The van der Waals surface area contributed by atoms with Crippen LogP contribution in [-0.4, -0.2) is 27.9 Å². The Morgan fingerprint density at radius 3 is 3.00 bits per heavy atom. The minimum atomic E-state index is 0.0155. The summed E-state index contributed by atoms with van der Waals surface area (Å²) in [5.74, 6) is 2.62. The number of amides is 1. The van der Waals surface area contributed by atoms with Gasteiger partial charge in [-0.3, -0.25) is 4.79 Å². The molecule has 1 aromatic heterocycles. The molecular formula is C20H27N3O3S. The lowest BCUT2D eigenvalue weighted by atomic mass is 9.78. The van der Waals surface area contributed by atoms with Crippen LogP contribution in [0, 0.1) is 18.8 Å². The van der Waals surface area contributed by atoms with Crippen LogP contribution in [0.1, 0.15) is 44.6 Å².